The van der Waals surface area contributed by atoms with Gasteiger partial charge in [-0.3, -0.25) is 0 Å². The first-order chi connectivity index (χ1) is 11.0. The van der Waals surface area contributed by atoms with Gasteiger partial charge < -0.3 is 9.84 Å². The summed E-state index contributed by atoms with van der Waals surface area (Å²) in [7, 11) is 0. The molecule has 0 unspecified atom stereocenters. The van der Waals surface area contributed by atoms with Crippen LogP contribution < -0.4 is 0 Å². The summed E-state index contributed by atoms with van der Waals surface area (Å²) in [4.78, 5) is 0. The second kappa shape index (κ2) is 11.4. The second-order valence-corrected chi connectivity index (χ2v) is 6.98. The van der Waals surface area contributed by atoms with Crippen molar-refractivity contribution in [3.05, 3.63) is 47.5 Å². The fourth-order valence-corrected chi connectivity index (χ4v) is 3.07. The van der Waals surface area contributed by atoms with Crippen LogP contribution in [0.25, 0.3) is 0 Å². The summed E-state index contributed by atoms with van der Waals surface area (Å²) in [5.41, 5.74) is 2.47. The quantitative estimate of drug-likeness (QED) is 0.556. The monoisotopic (exact) mass is 318 g/mol. The Morgan fingerprint density at radius 3 is 2.57 bits per heavy atom. The molecule has 0 aliphatic carbocycles. The van der Waals surface area contributed by atoms with E-state index in [1.807, 2.05) is 18.2 Å². The average molecular weight is 319 g/mol. The van der Waals surface area contributed by atoms with E-state index in [0.717, 1.165) is 12.8 Å². The van der Waals surface area contributed by atoms with Crippen LogP contribution in [0.3, 0.4) is 0 Å². The molecule has 2 nitrogen and oxygen atoms in total. The van der Waals surface area contributed by atoms with Crippen molar-refractivity contribution in [1.29, 1.82) is 0 Å². The van der Waals surface area contributed by atoms with Crippen LogP contribution >= 0.6 is 0 Å². The first kappa shape index (κ1) is 19.9. The first-order valence-corrected chi connectivity index (χ1v) is 8.98. The predicted octanol–water partition coefficient (Wildman–Crippen LogP) is 5.36. The topological polar surface area (TPSA) is 29.5 Å². The summed E-state index contributed by atoms with van der Waals surface area (Å²) in [6.45, 7) is 10.1. The molecule has 0 fully saturated rings. The highest BCUT2D eigenvalue weighted by atomic mass is 16.5. The molecule has 23 heavy (non-hydrogen) atoms. The Balaban J connectivity index is 2.27. The Bertz CT molecular complexity index is 438. The fraction of sp³-hybridized carbons (Fsp3) is 0.619. The predicted molar refractivity (Wildman–Crippen MR) is 98.3 cm³/mol. The zero-order valence-electron chi connectivity index (χ0n) is 15.3. The molecule has 2 heteroatoms. The third kappa shape index (κ3) is 9.58. The maximum atomic E-state index is 10.2. The molecule has 130 valence electrons. The molecular weight excluding hydrogens is 284 g/mol. The zero-order chi connectivity index (χ0) is 17.1. The fourth-order valence-electron chi connectivity index (χ4n) is 3.07. The molecule has 1 rings (SSSR count). The van der Waals surface area contributed by atoms with Gasteiger partial charge in [-0.05, 0) is 37.2 Å². The number of hydrogen-bond donors (Lipinski definition) is 1. The molecule has 0 aromatic heterocycles. The van der Waals surface area contributed by atoms with Crippen LogP contribution in [0.4, 0.5) is 0 Å². The SMILES string of the molecule is CCC[C@H](C)C[C@H](O)C/C(C)=C/[C@@H](C)COCc1ccccc1. The van der Waals surface area contributed by atoms with Gasteiger partial charge in [0.15, 0.2) is 0 Å². The Morgan fingerprint density at radius 2 is 1.91 bits per heavy atom. The van der Waals surface area contributed by atoms with Crippen LogP contribution in [0, 0.1) is 11.8 Å². The van der Waals surface area contributed by atoms with Crippen molar-refractivity contribution in [3.63, 3.8) is 0 Å². The lowest BCUT2D eigenvalue weighted by Gasteiger charge is -2.17. The summed E-state index contributed by atoms with van der Waals surface area (Å²) in [6, 6.07) is 10.3. The van der Waals surface area contributed by atoms with E-state index in [9.17, 15) is 5.11 Å². The molecule has 0 heterocycles. The van der Waals surface area contributed by atoms with Gasteiger partial charge in [0.25, 0.3) is 0 Å². The van der Waals surface area contributed by atoms with Crippen molar-refractivity contribution in [2.24, 2.45) is 11.8 Å². The van der Waals surface area contributed by atoms with E-state index in [2.05, 4.69) is 45.9 Å². The van der Waals surface area contributed by atoms with Gasteiger partial charge in [-0.15, -0.1) is 0 Å². The molecule has 0 saturated carbocycles. The minimum atomic E-state index is -0.217. The average Bonchev–Trinajstić information content (AvgIpc) is 2.47. The van der Waals surface area contributed by atoms with Gasteiger partial charge in [0.1, 0.15) is 0 Å². The lowest BCUT2D eigenvalue weighted by Crippen LogP contribution is -2.13. The van der Waals surface area contributed by atoms with E-state index in [1.165, 1.54) is 24.0 Å². The number of hydrogen-bond acceptors (Lipinski definition) is 2. The van der Waals surface area contributed by atoms with E-state index in [4.69, 9.17) is 4.74 Å². The molecule has 0 aliphatic rings. The number of ether oxygens (including phenoxy) is 1. The summed E-state index contributed by atoms with van der Waals surface area (Å²) in [6.07, 6.45) is 6.08. The Morgan fingerprint density at radius 1 is 1.22 bits per heavy atom. The second-order valence-electron chi connectivity index (χ2n) is 6.98. The molecule has 3 atom stereocenters. The van der Waals surface area contributed by atoms with Crippen LogP contribution in [0.2, 0.25) is 0 Å². The largest absolute Gasteiger partial charge is 0.393 e. The van der Waals surface area contributed by atoms with Crippen LogP contribution in [0.5, 0.6) is 0 Å². The standard InChI is InChI=1S/C21H34O2/c1-5-9-17(2)13-21(22)14-18(3)12-19(4)15-23-16-20-10-7-6-8-11-20/h6-8,10-12,17,19,21-22H,5,9,13-16H2,1-4H3/b18-12+/t17-,19+,21-/m0/s1. The van der Waals surface area contributed by atoms with E-state index in [0.29, 0.717) is 25.0 Å². The molecule has 0 aliphatic heterocycles. The molecule has 0 saturated heterocycles. The van der Waals surface area contributed by atoms with Crippen LogP contribution in [0.1, 0.15) is 58.9 Å². The third-order valence-corrected chi connectivity index (χ3v) is 4.07. The van der Waals surface area contributed by atoms with Crippen molar-refractivity contribution in [3.8, 4) is 0 Å². The minimum absolute atomic E-state index is 0.217. The minimum Gasteiger partial charge on any atom is -0.393 e. The van der Waals surface area contributed by atoms with Crippen molar-refractivity contribution < 1.29 is 9.84 Å². The van der Waals surface area contributed by atoms with E-state index < -0.39 is 0 Å². The van der Waals surface area contributed by atoms with Crippen LogP contribution in [0.15, 0.2) is 42.0 Å². The van der Waals surface area contributed by atoms with Gasteiger partial charge in [0.2, 0.25) is 0 Å². The van der Waals surface area contributed by atoms with Crippen molar-refractivity contribution in [1.82, 2.24) is 0 Å². The maximum Gasteiger partial charge on any atom is 0.0717 e. The van der Waals surface area contributed by atoms with E-state index >= 15 is 0 Å². The highest BCUT2D eigenvalue weighted by Gasteiger charge is 2.11. The molecule has 0 bridgehead atoms. The lowest BCUT2D eigenvalue weighted by molar-refractivity contribution is 0.103. The van der Waals surface area contributed by atoms with Crippen LogP contribution in [-0.2, 0) is 11.3 Å². The van der Waals surface area contributed by atoms with Crippen molar-refractivity contribution in [2.45, 2.75) is 66.1 Å². The normalized spacial score (nSPS) is 16.1. The van der Waals surface area contributed by atoms with Gasteiger partial charge in [-0.1, -0.05) is 75.6 Å². The molecule has 0 radical (unpaired) electrons. The van der Waals surface area contributed by atoms with Gasteiger partial charge >= 0.3 is 0 Å². The summed E-state index contributed by atoms with van der Waals surface area (Å²) in [5, 5.41) is 10.2. The number of rotatable bonds is 11. The number of aliphatic hydroxyl groups excluding tert-OH is 1. The Kier molecular flexibility index (Phi) is 9.89. The Hall–Kier alpha value is -1.12. The molecule has 0 amide bonds. The highest BCUT2D eigenvalue weighted by Crippen LogP contribution is 2.18. The Labute approximate surface area is 142 Å². The summed E-state index contributed by atoms with van der Waals surface area (Å²) in [5.74, 6) is 0.980. The summed E-state index contributed by atoms with van der Waals surface area (Å²) >= 11 is 0. The molecule has 1 aromatic rings. The number of aliphatic hydroxyl groups is 1. The molecule has 1 N–H and O–H groups in total. The third-order valence-electron chi connectivity index (χ3n) is 4.07. The van der Waals surface area contributed by atoms with E-state index in [-0.39, 0.29) is 6.10 Å². The first-order valence-electron chi connectivity index (χ1n) is 8.98. The van der Waals surface area contributed by atoms with E-state index in [1.54, 1.807) is 0 Å². The molecule has 1 aromatic carbocycles. The summed E-state index contributed by atoms with van der Waals surface area (Å²) < 4.78 is 5.78. The van der Waals surface area contributed by atoms with Gasteiger partial charge in [0.05, 0.1) is 19.3 Å². The zero-order valence-corrected chi connectivity index (χ0v) is 15.3. The highest BCUT2D eigenvalue weighted by molar-refractivity contribution is 5.13. The molecular formula is C21H34O2. The van der Waals surface area contributed by atoms with Crippen LogP contribution in [-0.4, -0.2) is 17.8 Å². The smallest absolute Gasteiger partial charge is 0.0717 e. The lowest BCUT2D eigenvalue weighted by atomic mass is 9.94. The van der Waals surface area contributed by atoms with Crippen molar-refractivity contribution in [2.75, 3.05) is 6.61 Å². The van der Waals surface area contributed by atoms with Gasteiger partial charge in [-0.2, -0.15) is 0 Å². The number of benzene rings is 1. The van der Waals surface area contributed by atoms with Gasteiger partial charge in [-0.25, -0.2) is 0 Å². The van der Waals surface area contributed by atoms with Crippen molar-refractivity contribution >= 4 is 0 Å². The maximum absolute atomic E-state index is 10.2. The molecule has 0 spiro atoms. The van der Waals surface area contributed by atoms with Gasteiger partial charge in [0, 0.05) is 0 Å².